The number of hydrogen-bond donors (Lipinski definition) is 1. The van der Waals surface area contributed by atoms with Gasteiger partial charge in [0.25, 0.3) is 0 Å². The molecule has 0 aliphatic carbocycles. The van der Waals surface area contributed by atoms with Crippen LogP contribution in [-0.2, 0) is 4.74 Å². The Morgan fingerprint density at radius 1 is 1.37 bits per heavy atom. The highest BCUT2D eigenvalue weighted by molar-refractivity contribution is 7.99. The maximum Gasteiger partial charge on any atom is 0.339 e. The average Bonchev–Trinajstić information content (AvgIpc) is 2.45. The Hall–Kier alpha value is -1.20. The van der Waals surface area contributed by atoms with Gasteiger partial charge in [0.2, 0.25) is 0 Å². The standard InChI is InChI=1S/C14H18O4S/c15-14(16)12-3-1-2-4-13(12)18-9-10-19-11-5-7-17-8-6-11/h1-4,11H,5-10H2,(H,15,16). The Labute approximate surface area is 117 Å². The number of carbonyl (C=O) groups is 1. The Kier molecular flexibility index (Phi) is 5.54. The molecule has 0 bridgehead atoms. The third-order valence-corrected chi connectivity index (χ3v) is 4.33. The van der Waals surface area contributed by atoms with Crippen molar-refractivity contribution in [2.75, 3.05) is 25.6 Å². The predicted molar refractivity (Wildman–Crippen MR) is 75.2 cm³/mol. The van der Waals surface area contributed by atoms with Gasteiger partial charge in [0.05, 0.1) is 6.61 Å². The van der Waals surface area contributed by atoms with Crippen LogP contribution >= 0.6 is 11.8 Å². The number of benzene rings is 1. The average molecular weight is 282 g/mol. The molecule has 4 nitrogen and oxygen atoms in total. The number of carboxylic acids is 1. The van der Waals surface area contributed by atoms with Gasteiger partial charge in [-0.05, 0) is 25.0 Å². The molecule has 0 spiro atoms. The summed E-state index contributed by atoms with van der Waals surface area (Å²) in [5.41, 5.74) is 0.221. The second-order valence-electron chi connectivity index (χ2n) is 4.33. The van der Waals surface area contributed by atoms with Gasteiger partial charge in [-0.25, -0.2) is 4.79 Å². The van der Waals surface area contributed by atoms with Gasteiger partial charge >= 0.3 is 5.97 Å². The molecule has 0 unspecified atom stereocenters. The molecule has 104 valence electrons. The molecule has 0 radical (unpaired) electrons. The molecule has 1 fully saturated rings. The van der Waals surface area contributed by atoms with E-state index in [1.807, 2.05) is 11.8 Å². The van der Waals surface area contributed by atoms with Crippen LogP contribution in [0, 0.1) is 0 Å². The van der Waals surface area contributed by atoms with E-state index >= 15 is 0 Å². The first-order valence-electron chi connectivity index (χ1n) is 6.42. The molecule has 19 heavy (non-hydrogen) atoms. The van der Waals surface area contributed by atoms with E-state index in [9.17, 15) is 4.79 Å². The normalized spacial score (nSPS) is 16.2. The molecule has 1 aromatic rings. The summed E-state index contributed by atoms with van der Waals surface area (Å²) >= 11 is 1.88. The number of thioether (sulfide) groups is 1. The summed E-state index contributed by atoms with van der Waals surface area (Å²) in [6, 6.07) is 6.74. The van der Waals surface area contributed by atoms with Crippen LogP contribution in [0.25, 0.3) is 0 Å². The zero-order chi connectivity index (χ0) is 13.5. The third-order valence-electron chi connectivity index (χ3n) is 2.98. The molecule has 1 saturated heterocycles. The predicted octanol–water partition coefficient (Wildman–Crippen LogP) is 2.68. The SMILES string of the molecule is O=C(O)c1ccccc1OCCSC1CCOCC1. The minimum atomic E-state index is -0.951. The fourth-order valence-electron chi connectivity index (χ4n) is 1.98. The fraction of sp³-hybridized carbons (Fsp3) is 0.500. The van der Waals surface area contributed by atoms with Crippen LogP contribution < -0.4 is 4.74 Å². The van der Waals surface area contributed by atoms with Gasteiger partial charge < -0.3 is 14.6 Å². The highest BCUT2D eigenvalue weighted by Crippen LogP contribution is 2.23. The summed E-state index contributed by atoms with van der Waals surface area (Å²) in [5.74, 6) is 0.369. The number of ether oxygens (including phenoxy) is 2. The van der Waals surface area contributed by atoms with Gasteiger partial charge in [0, 0.05) is 24.2 Å². The van der Waals surface area contributed by atoms with Gasteiger partial charge in [-0.1, -0.05) is 12.1 Å². The molecular formula is C14H18O4S. The van der Waals surface area contributed by atoms with E-state index < -0.39 is 5.97 Å². The second kappa shape index (κ2) is 7.40. The lowest BCUT2D eigenvalue weighted by molar-refractivity contribution is 0.0692. The van der Waals surface area contributed by atoms with Crippen LogP contribution in [0.2, 0.25) is 0 Å². The van der Waals surface area contributed by atoms with E-state index in [1.54, 1.807) is 24.3 Å². The van der Waals surface area contributed by atoms with E-state index in [0.717, 1.165) is 31.8 Å². The van der Waals surface area contributed by atoms with Crippen molar-refractivity contribution in [3.05, 3.63) is 29.8 Å². The van der Waals surface area contributed by atoms with Crippen LogP contribution in [0.15, 0.2) is 24.3 Å². The monoisotopic (exact) mass is 282 g/mol. The van der Waals surface area contributed by atoms with E-state index in [1.165, 1.54) is 0 Å². The first kappa shape index (κ1) is 14.2. The molecular weight excluding hydrogens is 264 g/mol. The van der Waals surface area contributed by atoms with Crippen molar-refractivity contribution in [3.63, 3.8) is 0 Å². The topological polar surface area (TPSA) is 55.8 Å². The lowest BCUT2D eigenvalue weighted by Crippen LogP contribution is -2.18. The Balaban J connectivity index is 1.74. The molecule has 1 aromatic carbocycles. The Bertz CT molecular complexity index is 416. The quantitative estimate of drug-likeness (QED) is 0.813. The van der Waals surface area contributed by atoms with Gasteiger partial charge in [-0.15, -0.1) is 0 Å². The first-order valence-corrected chi connectivity index (χ1v) is 7.46. The van der Waals surface area contributed by atoms with Crippen molar-refractivity contribution in [1.29, 1.82) is 0 Å². The van der Waals surface area contributed by atoms with Gasteiger partial charge in [0.15, 0.2) is 0 Å². The lowest BCUT2D eigenvalue weighted by Gasteiger charge is -2.21. The summed E-state index contributed by atoms with van der Waals surface area (Å²) in [4.78, 5) is 11.0. The van der Waals surface area contributed by atoms with Gasteiger partial charge in [-0.3, -0.25) is 0 Å². The van der Waals surface area contributed by atoms with Crippen molar-refractivity contribution in [2.45, 2.75) is 18.1 Å². The van der Waals surface area contributed by atoms with Crippen molar-refractivity contribution >= 4 is 17.7 Å². The third kappa shape index (κ3) is 4.44. The molecule has 2 rings (SSSR count). The number of hydrogen-bond acceptors (Lipinski definition) is 4. The largest absolute Gasteiger partial charge is 0.492 e. The molecule has 1 heterocycles. The molecule has 0 amide bonds. The second-order valence-corrected chi connectivity index (χ2v) is 5.74. The van der Waals surface area contributed by atoms with Crippen molar-refractivity contribution < 1.29 is 19.4 Å². The Morgan fingerprint density at radius 2 is 2.11 bits per heavy atom. The van der Waals surface area contributed by atoms with Crippen molar-refractivity contribution in [3.8, 4) is 5.75 Å². The number of para-hydroxylation sites is 1. The van der Waals surface area contributed by atoms with Crippen LogP contribution in [0.4, 0.5) is 0 Å². The maximum absolute atomic E-state index is 11.0. The van der Waals surface area contributed by atoms with Crippen LogP contribution in [0.5, 0.6) is 5.75 Å². The van der Waals surface area contributed by atoms with Gasteiger partial charge in [-0.2, -0.15) is 11.8 Å². The maximum atomic E-state index is 11.0. The van der Waals surface area contributed by atoms with E-state index in [0.29, 0.717) is 17.6 Å². The molecule has 0 atom stereocenters. The number of rotatable bonds is 6. The smallest absolute Gasteiger partial charge is 0.339 e. The molecule has 5 heteroatoms. The molecule has 0 saturated carbocycles. The van der Waals surface area contributed by atoms with E-state index in [4.69, 9.17) is 14.6 Å². The van der Waals surface area contributed by atoms with E-state index in [2.05, 4.69) is 0 Å². The van der Waals surface area contributed by atoms with Crippen LogP contribution in [0.3, 0.4) is 0 Å². The van der Waals surface area contributed by atoms with Crippen molar-refractivity contribution in [1.82, 2.24) is 0 Å². The molecule has 0 aromatic heterocycles. The Morgan fingerprint density at radius 3 is 2.84 bits per heavy atom. The molecule has 1 aliphatic rings. The first-order chi connectivity index (χ1) is 9.27. The minimum absolute atomic E-state index is 0.221. The van der Waals surface area contributed by atoms with Crippen LogP contribution in [-0.4, -0.2) is 41.9 Å². The highest BCUT2D eigenvalue weighted by atomic mass is 32.2. The zero-order valence-corrected chi connectivity index (χ0v) is 11.5. The minimum Gasteiger partial charge on any atom is -0.492 e. The number of aromatic carboxylic acids is 1. The highest BCUT2D eigenvalue weighted by Gasteiger charge is 2.14. The zero-order valence-electron chi connectivity index (χ0n) is 10.7. The lowest BCUT2D eigenvalue weighted by atomic mass is 10.2. The molecule has 1 N–H and O–H groups in total. The summed E-state index contributed by atoms with van der Waals surface area (Å²) in [6.07, 6.45) is 2.19. The number of carboxylic acid groups (broad SMARTS) is 1. The summed E-state index contributed by atoms with van der Waals surface area (Å²) in [7, 11) is 0. The fourth-order valence-corrected chi connectivity index (χ4v) is 3.02. The summed E-state index contributed by atoms with van der Waals surface area (Å²) in [5, 5.41) is 9.67. The molecule has 1 aliphatic heterocycles. The summed E-state index contributed by atoms with van der Waals surface area (Å²) in [6.45, 7) is 2.23. The van der Waals surface area contributed by atoms with Crippen LogP contribution in [0.1, 0.15) is 23.2 Å². The van der Waals surface area contributed by atoms with E-state index in [-0.39, 0.29) is 5.56 Å². The van der Waals surface area contributed by atoms with Gasteiger partial charge in [0.1, 0.15) is 11.3 Å². The van der Waals surface area contributed by atoms with Crippen molar-refractivity contribution in [2.24, 2.45) is 0 Å². The summed E-state index contributed by atoms with van der Waals surface area (Å²) < 4.78 is 10.9.